The molecule has 2 aromatic heterocycles. The lowest BCUT2D eigenvalue weighted by atomic mass is 10.3. The molecule has 5 nitrogen and oxygen atoms in total. The monoisotopic (exact) mass is 331 g/mol. The Morgan fingerprint density at radius 1 is 1.35 bits per heavy atom. The number of nitrogens with one attached hydrogen (secondary N) is 2. The summed E-state index contributed by atoms with van der Waals surface area (Å²) in [5.74, 6) is 0. The molecule has 0 saturated carbocycles. The molecule has 0 aliphatic rings. The van der Waals surface area contributed by atoms with E-state index in [1.165, 1.54) is 22.7 Å². The number of thiophene rings is 1. The number of aromatic nitrogens is 1. The first kappa shape index (κ1) is 15.6. The molecule has 2 heterocycles. The largest absolute Gasteiger partial charge is 0.312 e. The third kappa shape index (κ3) is 3.86. The molecule has 2 aromatic rings. The van der Waals surface area contributed by atoms with E-state index in [0.29, 0.717) is 10.8 Å². The zero-order chi connectivity index (χ0) is 14.6. The molecule has 0 spiro atoms. The van der Waals surface area contributed by atoms with Crippen LogP contribution in [0.1, 0.15) is 22.2 Å². The lowest BCUT2D eigenvalue weighted by Crippen LogP contribution is -2.21. The van der Waals surface area contributed by atoms with Crippen molar-refractivity contribution in [2.24, 2.45) is 0 Å². The van der Waals surface area contributed by atoms with E-state index in [1.807, 2.05) is 13.8 Å². The van der Waals surface area contributed by atoms with Gasteiger partial charge in [0.1, 0.15) is 4.21 Å². The summed E-state index contributed by atoms with van der Waals surface area (Å²) in [5, 5.41) is 3.21. The Bertz CT molecular complexity index is 648. The first-order valence-electron chi connectivity index (χ1n) is 6.20. The molecule has 110 valence electrons. The summed E-state index contributed by atoms with van der Waals surface area (Å²) in [4.78, 5) is 5.88. The highest BCUT2D eigenvalue weighted by Crippen LogP contribution is 2.26. The molecule has 0 radical (unpaired) electrons. The Morgan fingerprint density at radius 2 is 2.15 bits per heavy atom. The molecule has 0 unspecified atom stereocenters. The van der Waals surface area contributed by atoms with Crippen LogP contribution in [-0.2, 0) is 23.1 Å². The minimum absolute atomic E-state index is 0.284. The maximum atomic E-state index is 12.2. The third-order valence-electron chi connectivity index (χ3n) is 2.72. The van der Waals surface area contributed by atoms with E-state index in [0.717, 1.165) is 21.9 Å². The molecular formula is C12H17N3O2S3. The Balaban J connectivity index is 2.09. The van der Waals surface area contributed by atoms with Gasteiger partial charge in [0.25, 0.3) is 0 Å². The fourth-order valence-electron chi connectivity index (χ4n) is 1.60. The van der Waals surface area contributed by atoms with Crippen LogP contribution < -0.4 is 10.0 Å². The number of aryl methyl sites for hydroxylation is 1. The number of nitrogens with zero attached hydrogens (tertiary/aromatic N) is 1. The SMILES string of the molecule is CCNCc1sc(S(=O)(=O)NCc2cncs2)cc1C. The summed E-state index contributed by atoms with van der Waals surface area (Å²) < 4.78 is 27.4. The molecule has 0 atom stereocenters. The Morgan fingerprint density at radius 3 is 2.80 bits per heavy atom. The molecule has 0 aliphatic heterocycles. The average molecular weight is 331 g/mol. The molecule has 2 N–H and O–H groups in total. The van der Waals surface area contributed by atoms with Crippen LogP contribution in [0.4, 0.5) is 0 Å². The molecule has 8 heteroatoms. The summed E-state index contributed by atoms with van der Waals surface area (Å²) in [6, 6.07) is 1.73. The van der Waals surface area contributed by atoms with Crippen molar-refractivity contribution in [3.05, 3.63) is 33.1 Å². The minimum atomic E-state index is -3.44. The Hall–Kier alpha value is -0.800. The quantitative estimate of drug-likeness (QED) is 0.815. The number of sulfonamides is 1. The van der Waals surface area contributed by atoms with Crippen LogP contribution in [0.2, 0.25) is 0 Å². The first-order valence-corrected chi connectivity index (χ1v) is 9.38. The van der Waals surface area contributed by atoms with Gasteiger partial charge in [-0.3, -0.25) is 4.98 Å². The zero-order valence-electron chi connectivity index (χ0n) is 11.3. The van der Waals surface area contributed by atoms with Crippen molar-refractivity contribution in [3.8, 4) is 0 Å². The van der Waals surface area contributed by atoms with E-state index in [4.69, 9.17) is 0 Å². The van der Waals surface area contributed by atoms with Crippen molar-refractivity contribution in [2.75, 3.05) is 6.54 Å². The second-order valence-corrected chi connectivity index (χ2v) is 8.35. The third-order valence-corrected chi connectivity index (χ3v) is 6.61. The van der Waals surface area contributed by atoms with Gasteiger partial charge < -0.3 is 5.32 Å². The molecular weight excluding hydrogens is 314 g/mol. The van der Waals surface area contributed by atoms with Crippen molar-refractivity contribution in [1.29, 1.82) is 0 Å². The van der Waals surface area contributed by atoms with Gasteiger partial charge >= 0.3 is 0 Å². The molecule has 0 amide bonds. The van der Waals surface area contributed by atoms with Crippen molar-refractivity contribution in [3.63, 3.8) is 0 Å². The average Bonchev–Trinajstić information content (AvgIpc) is 3.04. The predicted octanol–water partition coefficient (Wildman–Crippen LogP) is 2.10. The standard InChI is InChI=1S/C12H17N3O2S3/c1-3-13-7-11-9(2)4-12(19-11)20(16,17)15-6-10-5-14-8-18-10/h4-5,8,13,15H,3,6-7H2,1-2H3. The van der Waals surface area contributed by atoms with Gasteiger partial charge in [0.05, 0.1) is 5.51 Å². The fourth-order valence-corrected chi connectivity index (χ4v) is 4.84. The van der Waals surface area contributed by atoms with Gasteiger partial charge in [-0.2, -0.15) is 0 Å². The van der Waals surface area contributed by atoms with E-state index in [9.17, 15) is 8.42 Å². The summed E-state index contributed by atoms with van der Waals surface area (Å²) >= 11 is 2.75. The lowest BCUT2D eigenvalue weighted by Gasteiger charge is -2.02. The molecule has 0 fully saturated rings. The highest BCUT2D eigenvalue weighted by molar-refractivity contribution is 7.91. The first-order chi connectivity index (χ1) is 9.53. The van der Waals surface area contributed by atoms with Crippen LogP contribution in [0, 0.1) is 6.92 Å². The van der Waals surface area contributed by atoms with Gasteiger partial charge in [-0.15, -0.1) is 22.7 Å². The van der Waals surface area contributed by atoms with Crippen LogP contribution >= 0.6 is 22.7 Å². The summed E-state index contributed by atoms with van der Waals surface area (Å²) in [6.45, 7) is 5.81. The molecule has 0 bridgehead atoms. The number of rotatable bonds is 7. The van der Waals surface area contributed by atoms with E-state index < -0.39 is 10.0 Å². The zero-order valence-corrected chi connectivity index (χ0v) is 13.8. The van der Waals surface area contributed by atoms with Crippen molar-refractivity contribution >= 4 is 32.7 Å². The number of hydrogen-bond donors (Lipinski definition) is 2. The van der Waals surface area contributed by atoms with Crippen molar-refractivity contribution in [2.45, 2.75) is 31.1 Å². The molecule has 2 rings (SSSR count). The second kappa shape index (κ2) is 6.77. The van der Waals surface area contributed by atoms with Crippen molar-refractivity contribution in [1.82, 2.24) is 15.0 Å². The molecule has 0 aromatic carbocycles. The van der Waals surface area contributed by atoms with Crippen molar-refractivity contribution < 1.29 is 8.42 Å². The summed E-state index contributed by atoms with van der Waals surface area (Å²) in [7, 11) is -3.44. The lowest BCUT2D eigenvalue weighted by molar-refractivity contribution is 0.584. The maximum absolute atomic E-state index is 12.2. The topological polar surface area (TPSA) is 71.1 Å². The fraction of sp³-hybridized carbons (Fsp3) is 0.417. The van der Waals surface area contributed by atoms with E-state index in [2.05, 4.69) is 15.0 Å². The summed E-state index contributed by atoms with van der Waals surface area (Å²) in [6.07, 6.45) is 1.67. The van der Waals surface area contributed by atoms with Gasteiger partial charge in [0, 0.05) is 29.0 Å². The highest BCUT2D eigenvalue weighted by atomic mass is 32.2. The highest BCUT2D eigenvalue weighted by Gasteiger charge is 2.18. The molecule has 0 saturated heterocycles. The minimum Gasteiger partial charge on any atom is -0.312 e. The predicted molar refractivity (Wildman–Crippen MR) is 82.6 cm³/mol. The van der Waals surface area contributed by atoms with E-state index >= 15 is 0 Å². The van der Waals surface area contributed by atoms with Crippen LogP contribution in [0.15, 0.2) is 22.0 Å². The van der Waals surface area contributed by atoms with E-state index in [-0.39, 0.29) is 6.54 Å². The van der Waals surface area contributed by atoms with Gasteiger partial charge in [0.2, 0.25) is 10.0 Å². The summed E-state index contributed by atoms with van der Waals surface area (Å²) in [5.41, 5.74) is 2.70. The maximum Gasteiger partial charge on any atom is 0.250 e. The Kier molecular flexibility index (Phi) is 5.28. The van der Waals surface area contributed by atoms with Crippen LogP contribution in [0.3, 0.4) is 0 Å². The molecule has 0 aliphatic carbocycles. The van der Waals surface area contributed by atoms with Gasteiger partial charge in [-0.25, -0.2) is 13.1 Å². The second-order valence-electron chi connectivity index (χ2n) is 4.24. The van der Waals surface area contributed by atoms with Gasteiger partial charge in [-0.05, 0) is 25.1 Å². The Labute approximate surface area is 127 Å². The van der Waals surface area contributed by atoms with Crippen LogP contribution in [-0.4, -0.2) is 19.9 Å². The molecule has 20 heavy (non-hydrogen) atoms. The van der Waals surface area contributed by atoms with Crippen LogP contribution in [0.25, 0.3) is 0 Å². The number of hydrogen-bond acceptors (Lipinski definition) is 6. The van der Waals surface area contributed by atoms with Crippen LogP contribution in [0.5, 0.6) is 0 Å². The van der Waals surface area contributed by atoms with Gasteiger partial charge in [-0.1, -0.05) is 6.92 Å². The number of thiazole rings is 1. The normalized spacial score (nSPS) is 11.9. The van der Waals surface area contributed by atoms with E-state index in [1.54, 1.807) is 17.8 Å². The van der Waals surface area contributed by atoms with Gasteiger partial charge in [0.15, 0.2) is 0 Å². The smallest absolute Gasteiger partial charge is 0.250 e.